The summed E-state index contributed by atoms with van der Waals surface area (Å²) in [5, 5.41) is 10.3. The average molecular weight is 334 g/mol. The summed E-state index contributed by atoms with van der Waals surface area (Å²) < 4.78 is 5.73. The molecular formula is C19H24ClNO2. The second-order valence-corrected chi connectivity index (χ2v) is 6.07. The van der Waals surface area contributed by atoms with Crippen molar-refractivity contribution < 1.29 is 9.84 Å². The Morgan fingerprint density at radius 1 is 1.09 bits per heavy atom. The van der Waals surface area contributed by atoms with E-state index in [2.05, 4.69) is 0 Å². The molecule has 1 fully saturated rings. The van der Waals surface area contributed by atoms with Crippen LogP contribution in [0.5, 0.6) is 11.5 Å². The Bertz CT molecular complexity index is 612. The molecule has 0 amide bonds. The van der Waals surface area contributed by atoms with E-state index in [0.29, 0.717) is 18.3 Å². The molecule has 0 bridgehead atoms. The summed E-state index contributed by atoms with van der Waals surface area (Å²) in [6.07, 6.45) is 4.81. The Kier molecular flexibility index (Phi) is 6.31. The molecule has 2 aromatic rings. The van der Waals surface area contributed by atoms with Gasteiger partial charge in [-0.15, -0.1) is 12.4 Å². The highest BCUT2D eigenvalue weighted by Crippen LogP contribution is 2.38. The van der Waals surface area contributed by atoms with Gasteiger partial charge in [0.25, 0.3) is 0 Å². The van der Waals surface area contributed by atoms with E-state index >= 15 is 0 Å². The van der Waals surface area contributed by atoms with Crippen LogP contribution in [0.3, 0.4) is 0 Å². The molecule has 0 radical (unpaired) electrons. The van der Waals surface area contributed by atoms with Gasteiger partial charge in [-0.05, 0) is 30.4 Å². The summed E-state index contributed by atoms with van der Waals surface area (Å²) >= 11 is 0. The number of hydrogen-bond donors (Lipinski definition) is 2. The molecule has 124 valence electrons. The number of ether oxygens (including phenoxy) is 1. The number of phenolic OH excluding ortho intramolecular Hbond substituents is 1. The molecule has 3 rings (SSSR count). The van der Waals surface area contributed by atoms with Gasteiger partial charge in [-0.25, -0.2) is 0 Å². The molecule has 1 aliphatic rings. The van der Waals surface area contributed by atoms with Crippen LogP contribution in [0, 0.1) is 5.92 Å². The molecule has 1 aliphatic carbocycles. The molecule has 0 aromatic heterocycles. The lowest BCUT2D eigenvalue weighted by atomic mass is 9.92. The summed E-state index contributed by atoms with van der Waals surface area (Å²) in [6.45, 7) is 0.494. The van der Waals surface area contributed by atoms with Crippen molar-refractivity contribution in [3.63, 3.8) is 0 Å². The SMILES string of the molecule is Cl.N[C@@H](c1ccc(OCc2ccccc2)cc1O)C1CCCC1. The van der Waals surface area contributed by atoms with Crippen LogP contribution in [0.2, 0.25) is 0 Å². The van der Waals surface area contributed by atoms with E-state index < -0.39 is 0 Å². The summed E-state index contributed by atoms with van der Waals surface area (Å²) in [5.41, 5.74) is 8.25. The van der Waals surface area contributed by atoms with E-state index in [0.717, 1.165) is 24.0 Å². The van der Waals surface area contributed by atoms with E-state index in [9.17, 15) is 5.11 Å². The molecule has 3 N–H and O–H groups in total. The Morgan fingerprint density at radius 2 is 1.78 bits per heavy atom. The van der Waals surface area contributed by atoms with Crippen molar-refractivity contribution in [1.82, 2.24) is 0 Å². The van der Waals surface area contributed by atoms with Gasteiger partial charge >= 0.3 is 0 Å². The first-order valence-electron chi connectivity index (χ1n) is 7.99. The molecule has 4 heteroatoms. The van der Waals surface area contributed by atoms with Crippen molar-refractivity contribution in [2.45, 2.75) is 38.3 Å². The van der Waals surface area contributed by atoms with E-state index in [4.69, 9.17) is 10.5 Å². The minimum Gasteiger partial charge on any atom is -0.507 e. The third-order valence-corrected chi connectivity index (χ3v) is 4.52. The quantitative estimate of drug-likeness (QED) is 0.841. The largest absolute Gasteiger partial charge is 0.507 e. The smallest absolute Gasteiger partial charge is 0.124 e. The number of aromatic hydroxyl groups is 1. The zero-order valence-corrected chi connectivity index (χ0v) is 14.0. The van der Waals surface area contributed by atoms with Gasteiger partial charge in [0.1, 0.15) is 18.1 Å². The second-order valence-electron chi connectivity index (χ2n) is 6.07. The Morgan fingerprint density at radius 3 is 2.43 bits per heavy atom. The molecule has 23 heavy (non-hydrogen) atoms. The van der Waals surface area contributed by atoms with Gasteiger partial charge < -0.3 is 15.6 Å². The van der Waals surface area contributed by atoms with E-state index in [-0.39, 0.29) is 24.2 Å². The standard InChI is InChI=1S/C19H23NO2.ClH/c20-19(15-8-4-5-9-15)17-11-10-16(12-18(17)21)22-13-14-6-2-1-3-7-14;/h1-3,6-7,10-12,15,19,21H,4-5,8-9,13,20H2;1H/t19-;/m1./s1. The Hall–Kier alpha value is -1.71. The van der Waals surface area contributed by atoms with Crippen LogP contribution in [0.15, 0.2) is 48.5 Å². The third-order valence-electron chi connectivity index (χ3n) is 4.52. The van der Waals surface area contributed by atoms with Gasteiger partial charge in [0.05, 0.1) is 0 Å². The number of rotatable bonds is 5. The first kappa shape index (κ1) is 17.6. The molecule has 0 heterocycles. The average Bonchev–Trinajstić information content (AvgIpc) is 3.08. The zero-order chi connectivity index (χ0) is 15.4. The molecule has 1 atom stereocenters. The monoisotopic (exact) mass is 333 g/mol. The first-order chi connectivity index (χ1) is 10.7. The van der Waals surface area contributed by atoms with Gasteiger partial charge in [0.2, 0.25) is 0 Å². The minimum absolute atomic E-state index is 0. The number of halogens is 1. The van der Waals surface area contributed by atoms with Gasteiger partial charge in [-0.1, -0.05) is 49.2 Å². The van der Waals surface area contributed by atoms with E-state index in [1.54, 1.807) is 6.07 Å². The Balaban J connectivity index is 0.00000192. The van der Waals surface area contributed by atoms with Crippen LogP contribution in [0.25, 0.3) is 0 Å². The second kappa shape index (κ2) is 8.23. The van der Waals surface area contributed by atoms with Crippen molar-refractivity contribution >= 4 is 12.4 Å². The van der Waals surface area contributed by atoms with Crippen LogP contribution in [-0.2, 0) is 6.61 Å². The summed E-state index contributed by atoms with van der Waals surface area (Å²) in [7, 11) is 0. The first-order valence-corrected chi connectivity index (χ1v) is 7.99. The molecule has 0 spiro atoms. The highest BCUT2D eigenvalue weighted by molar-refractivity contribution is 5.85. The normalized spacial score (nSPS) is 15.9. The van der Waals surface area contributed by atoms with Crippen LogP contribution in [-0.4, -0.2) is 5.11 Å². The fourth-order valence-corrected chi connectivity index (χ4v) is 3.21. The molecule has 3 nitrogen and oxygen atoms in total. The molecule has 0 saturated heterocycles. The van der Waals surface area contributed by atoms with Crippen molar-refractivity contribution in [3.05, 3.63) is 59.7 Å². The summed E-state index contributed by atoms with van der Waals surface area (Å²) in [6, 6.07) is 15.4. The maximum atomic E-state index is 10.3. The highest BCUT2D eigenvalue weighted by Gasteiger charge is 2.25. The number of phenols is 1. The molecule has 1 saturated carbocycles. The number of nitrogens with two attached hydrogens (primary N) is 1. The molecule has 2 aromatic carbocycles. The lowest BCUT2D eigenvalue weighted by Crippen LogP contribution is -2.19. The lowest BCUT2D eigenvalue weighted by molar-refractivity contribution is 0.303. The number of hydrogen-bond acceptors (Lipinski definition) is 3. The molecule has 0 aliphatic heterocycles. The lowest BCUT2D eigenvalue weighted by Gasteiger charge is -2.20. The molecular weight excluding hydrogens is 310 g/mol. The third kappa shape index (κ3) is 4.40. The predicted octanol–water partition coefficient (Wildman–Crippen LogP) is 4.58. The van der Waals surface area contributed by atoms with Crippen molar-refractivity contribution in [1.29, 1.82) is 0 Å². The van der Waals surface area contributed by atoms with Crippen molar-refractivity contribution in [3.8, 4) is 11.5 Å². The zero-order valence-electron chi connectivity index (χ0n) is 13.2. The van der Waals surface area contributed by atoms with Crippen LogP contribution in [0.1, 0.15) is 42.9 Å². The maximum Gasteiger partial charge on any atom is 0.124 e. The van der Waals surface area contributed by atoms with Crippen molar-refractivity contribution in [2.24, 2.45) is 11.7 Å². The number of benzene rings is 2. The van der Waals surface area contributed by atoms with Gasteiger partial charge in [-0.3, -0.25) is 0 Å². The van der Waals surface area contributed by atoms with E-state index in [1.165, 1.54) is 12.8 Å². The fourth-order valence-electron chi connectivity index (χ4n) is 3.21. The van der Waals surface area contributed by atoms with Gasteiger partial charge in [0, 0.05) is 17.7 Å². The highest BCUT2D eigenvalue weighted by atomic mass is 35.5. The van der Waals surface area contributed by atoms with Gasteiger partial charge in [-0.2, -0.15) is 0 Å². The minimum atomic E-state index is -0.0781. The van der Waals surface area contributed by atoms with Crippen LogP contribution in [0.4, 0.5) is 0 Å². The Labute approximate surface area is 143 Å². The van der Waals surface area contributed by atoms with Gasteiger partial charge in [0.15, 0.2) is 0 Å². The topological polar surface area (TPSA) is 55.5 Å². The summed E-state index contributed by atoms with van der Waals surface area (Å²) in [5.74, 6) is 1.40. The predicted molar refractivity (Wildman–Crippen MR) is 95.0 cm³/mol. The van der Waals surface area contributed by atoms with Crippen LogP contribution < -0.4 is 10.5 Å². The van der Waals surface area contributed by atoms with Crippen LogP contribution >= 0.6 is 12.4 Å². The fraction of sp³-hybridized carbons (Fsp3) is 0.368. The van der Waals surface area contributed by atoms with E-state index in [1.807, 2.05) is 42.5 Å². The maximum absolute atomic E-state index is 10.3. The van der Waals surface area contributed by atoms with Crippen molar-refractivity contribution in [2.75, 3.05) is 0 Å². The molecule has 0 unspecified atom stereocenters. The summed E-state index contributed by atoms with van der Waals surface area (Å²) in [4.78, 5) is 0.